The lowest BCUT2D eigenvalue weighted by Gasteiger charge is -2.52. The van der Waals surface area contributed by atoms with Crippen LogP contribution in [0.15, 0.2) is 18.3 Å². The van der Waals surface area contributed by atoms with Gasteiger partial charge in [0, 0.05) is 37.8 Å². The van der Waals surface area contributed by atoms with Crippen molar-refractivity contribution in [1.82, 2.24) is 9.88 Å². The molecule has 2 saturated heterocycles. The first-order chi connectivity index (χ1) is 9.07. The van der Waals surface area contributed by atoms with Crippen molar-refractivity contribution in [2.24, 2.45) is 5.92 Å². The molecule has 4 heteroatoms. The SMILES string of the molecule is Cc1ccc(N2CCCC(C3(O)CN(C)C3)C2)cn1. The molecule has 4 nitrogen and oxygen atoms in total. The molecular formula is C15H23N3O. The standard InChI is InChI=1S/C15H23N3O/c1-12-5-6-14(8-16-12)18-7-3-4-13(9-18)15(19)10-17(2)11-15/h5-6,8,13,19H,3-4,7,9-11H2,1-2H3. The first-order valence-corrected chi connectivity index (χ1v) is 7.15. The van der Waals surface area contributed by atoms with Gasteiger partial charge in [0.1, 0.15) is 0 Å². The summed E-state index contributed by atoms with van der Waals surface area (Å²) in [5.41, 5.74) is 1.77. The van der Waals surface area contributed by atoms with E-state index in [-0.39, 0.29) is 0 Å². The van der Waals surface area contributed by atoms with E-state index < -0.39 is 5.60 Å². The summed E-state index contributed by atoms with van der Waals surface area (Å²) in [4.78, 5) is 8.93. The van der Waals surface area contributed by atoms with E-state index in [4.69, 9.17) is 0 Å². The monoisotopic (exact) mass is 261 g/mol. The summed E-state index contributed by atoms with van der Waals surface area (Å²) in [5.74, 6) is 0.388. The predicted molar refractivity (Wildman–Crippen MR) is 76.4 cm³/mol. The van der Waals surface area contributed by atoms with E-state index in [1.807, 2.05) is 13.1 Å². The Morgan fingerprint density at radius 2 is 2.16 bits per heavy atom. The maximum absolute atomic E-state index is 10.6. The van der Waals surface area contributed by atoms with Crippen LogP contribution in [-0.2, 0) is 0 Å². The van der Waals surface area contributed by atoms with Crippen molar-refractivity contribution in [3.8, 4) is 0 Å². The Morgan fingerprint density at radius 3 is 2.79 bits per heavy atom. The highest BCUT2D eigenvalue weighted by atomic mass is 16.3. The minimum atomic E-state index is -0.467. The zero-order valence-electron chi connectivity index (χ0n) is 11.8. The number of anilines is 1. The van der Waals surface area contributed by atoms with Crippen LogP contribution < -0.4 is 4.90 Å². The van der Waals surface area contributed by atoms with E-state index in [9.17, 15) is 5.11 Å². The molecule has 0 aliphatic carbocycles. The van der Waals surface area contributed by atoms with Crippen LogP contribution in [0.1, 0.15) is 18.5 Å². The second-order valence-electron chi connectivity index (χ2n) is 6.22. The fourth-order valence-electron chi connectivity index (χ4n) is 3.44. The number of piperidine rings is 1. The lowest BCUT2D eigenvalue weighted by atomic mass is 9.76. The second-order valence-corrected chi connectivity index (χ2v) is 6.22. The third-order valence-electron chi connectivity index (χ3n) is 4.53. The van der Waals surface area contributed by atoms with Gasteiger partial charge in [0.05, 0.1) is 17.5 Å². The number of aliphatic hydroxyl groups is 1. The number of aryl methyl sites for hydroxylation is 1. The normalized spacial score (nSPS) is 27.1. The largest absolute Gasteiger partial charge is 0.387 e. The molecule has 104 valence electrons. The number of likely N-dealkylation sites (N-methyl/N-ethyl adjacent to an activating group) is 1. The van der Waals surface area contributed by atoms with Crippen LogP contribution in [0.3, 0.4) is 0 Å². The Bertz CT molecular complexity index is 439. The Morgan fingerprint density at radius 1 is 1.37 bits per heavy atom. The third kappa shape index (κ3) is 2.47. The number of hydrogen-bond acceptors (Lipinski definition) is 4. The predicted octanol–water partition coefficient (Wildman–Crippen LogP) is 1.28. The van der Waals surface area contributed by atoms with E-state index in [2.05, 4.69) is 34.0 Å². The molecule has 3 rings (SSSR count). The van der Waals surface area contributed by atoms with Gasteiger partial charge >= 0.3 is 0 Å². The number of likely N-dealkylation sites (tertiary alicyclic amines) is 1. The molecule has 0 radical (unpaired) electrons. The molecular weight excluding hydrogens is 238 g/mol. The molecule has 0 bridgehead atoms. The summed E-state index contributed by atoms with van der Waals surface area (Å²) in [6, 6.07) is 4.20. The Balaban J connectivity index is 1.70. The lowest BCUT2D eigenvalue weighted by molar-refractivity contribution is -0.128. The maximum atomic E-state index is 10.6. The fraction of sp³-hybridized carbons (Fsp3) is 0.667. The Kier molecular flexibility index (Phi) is 3.23. The van der Waals surface area contributed by atoms with E-state index in [0.29, 0.717) is 5.92 Å². The van der Waals surface area contributed by atoms with Crippen molar-refractivity contribution in [2.75, 3.05) is 38.1 Å². The van der Waals surface area contributed by atoms with Gasteiger partial charge in [-0.1, -0.05) is 0 Å². The van der Waals surface area contributed by atoms with Crippen molar-refractivity contribution in [3.63, 3.8) is 0 Å². The van der Waals surface area contributed by atoms with Crippen LogP contribution in [-0.4, -0.2) is 53.8 Å². The van der Waals surface area contributed by atoms with Gasteiger partial charge in [-0.05, 0) is 38.9 Å². The van der Waals surface area contributed by atoms with E-state index in [1.165, 1.54) is 5.69 Å². The fourth-order valence-corrected chi connectivity index (χ4v) is 3.44. The van der Waals surface area contributed by atoms with Crippen LogP contribution in [0.4, 0.5) is 5.69 Å². The first kappa shape index (κ1) is 12.9. The van der Waals surface area contributed by atoms with Crippen molar-refractivity contribution < 1.29 is 5.11 Å². The van der Waals surface area contributed by atoms with Crippen LogP contribution in [0, 0.1) is 12.8 Å². The summed E-state index contributed by atoms with van der Waals surface area (Å²) < 4.78 is 0. The zero-order chi connectivity index (χ0) is 13.5. The molecule has 2 aliphatic heterocycles. The molecule has 0 aromatic carbocycles. The van der Waals surface area contributed by atoms with Crippen LogP contribution >= 0.6 is 0 Å². The van der Waals surface area contributed by atoms with Crippen LogP contribution in [0.25, 0.3) is 0 Å². The van der Waals surface area contributed by atoms with E-state index >= 15 is 0 Å². The average molecular weight is 261 g/mol. The highest BCUT2D eigenvalue weighted by Crippen LogP contribution is 2.35. The molecule has 0 amide bonds. The van der Waals surface area contributed by atoms with Crippen molar-refractivity contribution in [3.05, 3.63) is 24.0 Å². The quantitative estimate of drug-likeness (QED) is 0.870. The molecule has 1 N–H and O–H groups in total. The molecule has 1 atom stereocenters. The van der Waals surface area contributed by atoms with Gasteiger partial charge in [-0.15, -0.1) is 0 Å². The molecule has 2 aliphatic rings. The van der Waals surface area contributed by atoms with Gasteiger partial charge in [-0.3, -0.25) is 4.98 Å². The van der Waals surface area contributed by atoms with Gasteiger partial charge < -0.3 is 14.9 Å². The summed E-state index contributed by atoms with van der Waals surface area (Å²) in [6.45, 7) is 5.67. The van der Waals surface area contributed by atoms with Gasteiger partial charge in [-0.25, -0.2) is 0 Å². The van der Waals surface area contributed by atoms with Crippen molar-refractivity contribution >= 4 is 5.69 Å². The summed E-state index contributed by atoms with van der Waals surface area (Å²) in [6.07, 6.45) is 4.25. The maximum Gasteiger partial charge on any atom is 0.0944 e. The van der Waals surface area contributed by atoms with E-state index in [0.717, 1.165) is 44.7 Å². The molecule has 0 spiro atoms. The van der Waals surface area contributed by atoms with Crippen LogP contribution in [0.5, 0.6) is 0 Å². The number of hydrogen-bond donors (Lipinski definition) is 1. The summed E-state index contributed by atoms with van der Waals surface area (Å²) in [7, 11) is 2.07. The molecule has 1 aromatic heterocycles. The number of pyridine rings is 1. The minimum Gasteiger partial charge on any atom is -0.387 e. The zero-order valence-corrected chi connectivity index (χ0v) is 11.8. The topological polar surface area (TPSA) is 39.6 Å². The Hall–Kier alpha value is -1.13. The highest BCUT2D eigenvalue weighted by Gasteiger charge is 2.46. The van der Waals surface area contributed by atoms with Crippen molar-refractivity contribution in [1.29, 1.82) is 0 Å². The average Bonchev–Trinajstić information content (AvgIpc) is 2.38. The number of rotatable bonds is 2. The molecule has 19 heavy (non-hydrogen) atoms. The summed E-state index contributed by atoms with van der Waals surface area (Å²) >= 11 is 0. The number of β-amino-alcohol motifs (C(OH)–C–C–N with tert-alkyl or cyclic N) is 1. The molecule has 1 aromatic rings. The second kappa shape index (κ2) is 4.76. The molecule has 3 heterocycles. The minimum absolute atomic E-state index is 0.388. The molecule has 0 saturated carbocycles. The van der Waals surface area contributed by atoms with Gasteiger partial charge in [0.25, 0.3) is 0 Å². The van der Waals surface area contributed by atoms with Gasteiger partial charge in [0.2, 0.25) is 0 Å². The first-order valence-electron chi connectivity index (χ1n) is 7.15. The summed E-state index contributed by atoms with van der Waals surface area (Å²) in [5, 5.41) is 10.6. The van der Waals surface area contributed by atoms with Gasteiger partial charge in [0.15, 0.2) is 0 Å². The molecule has 1 unspecified atom stereocenters. The van der Waals surface area contributed by atoms with Crippen LogP contribution in [0.2, 0.25) is 0 Å². The highest BCUT2D eigenvalue weighted by molar-refractivity contribution is 5.45. The van der Waals surface area contributed by atoms with E-state index in [1.54, 1.807) is 0 Å². The smallest absolute Gasteiger partial charge is 0.0944 e. The molecule has 2 fully saturated rings. The van der Waals surface area contributed by atoms with Gasteiger partial charge in [-0.2, -0.15) is 0 Å². The Labute approximate surface area is 115 Å². The van der Waals surface area contributed by atoms with Crippen molar-refractivity contribution in [2.45, 2.75) is 25.4 Å². The lowest BCUT2D eigenvalue weighted by Crippen LogP contribution is -2.66. The number of nitrogens with zero attached hydrogens (tertiary/aromatic N) is 3. The number of aromatic nitrogens is 1. The third-order valence-corrected chi connectivity index (χ3v) is 4.53.